The predicted molar refractivity (Wildman–Crippen MR) is 90.3 cm³/mol. The first-order valence-corrected chi connectivity index (χ1v) is 7.74. The highest BCUT2D eigenvalue weighted by Gasteiger charge is 2.13. The van der Waals surface area contributed by atoms with Gasteiger partial charge in [-0.3, -0.25) is 0 Å². The Labute approximate surface area is 151 Å². The highest BCUT2D eigenvalue weighted by molar-refractivity contribution is 5.91. The first-order valence-electron chi connectivity index (χ1n) is 7.74. The van der Waals surface area contributed by atoms with Gasteiger partial charge in [-0.05, 0) is 52.0 Å². The summed E-state index contributed by atoms with van der Waals surface area (Å²) in [4.78, 5) is 13.4. The van der Waals surface area contributed by atoms with Crippen molar-refractivity contribution in [3.63, 3.8) is 0 Å². The third kappa shape index (κ3) is 3.46. The Bertz CT molecular complexity index is 1040. The second kappa shape index (κ2) is 7.00. The zero-order valence-electron chi connectivity index (χ0n) is 14.0. The van der Waals surface area contributed by atoms with Gasteiger partial charge in [0.05, 0.1) is 18.4 Å². The quantitative estimate of drug-likeness (QED) is 0.516. The molecular formula is C16H12N8O3. The SMILES string of the molecule is COc1ccc(-n2nnc(-c3ccc(C(=O)Oc4nnn[nH]4)cc3)n2)cc1. The number of ether oxygens (including phenoxy) is 2. The molecule has 0 saturated carbocycles. The Kier molecular flexibility index (Phi) is 4.23. The molecule has 4 rings (SSSR count). The van der Waals surface area contributed by atoms with Gasteiger partial charge < -0.3 is 9.47 Å². The van der Waals surface area contributed by atoms with Crippen LogP contribution < -0.4 is 9.47 Å². The van der Waals surface area contributed by atoms with Crippen molar-refractivity contribution in [2.45, 2.75) is 0 Å². The van der Waals surface area contributed by atoms with Gasteiger partial charge in [0.25, 0.3) is 0 Å². The molecule has 0 fully saturated rings. The number of hydrogen-bond acceptors (Lipinski definition) is 9. The van der Waals surface area contributed by atoms with Crippen LogP contribution in [0.15, 0.2) is 48.5 Å². The normalized spacial score (nSPS) is 10.6. The van der Waals surface area contributed by atoms with Crippen LogP contribution in [0.2, 0.25) is 0 Å². The van der Waals surface area contributed by atoms with Gasteiger partial charge >= 0.3 is 12.0 Å². The summed E-state index contributed by atoms with van der Waals surface area (Å²) in [5.41, 5.74) is 1.78. The van der Waals surface area contributed by atoms with Crippen LogP contribution in [0.4, 0.5) is 0 Å². The first kappa shape index (κ1) is 16.3. The molecule has 4 aromatic rings. The van der Waals surface area contributed by atoms with Crippen LogP contribution in [0.3, 0.4) is 0 Å². The lowest BCUT2D eigenvalue weighted by Crippen LogP contribution is -2.09. The lowest BCUT2D eigenvalue weighted by Gasteiger charge is -2.01. The number of H-pyrrole nitrogens is 1. The monoisotopic (exact) mass is 364 g/mol. The van der Waals surface area contributed by atoms with Crippen molar-refractivity contribution in [1.29, 1.82) is 0 Å². The summed E-state index contributed by atoms with van der Waals surface area (Å²) in [5.74, 6) is 0.572. The minimum absolute atomic E-state index is 0.0758. The molecule has 0 radical (unpaired) electrons. The van der Waals surface area contributed by atoms with Gasteiger partial charge in [-0.15, -0.1) is 15.0 Å². The van der Waals surface area contributed by atoms with Crippen molar-refractivity contribution >= 4 is 5.97 Å². The van der Waals surface area contributed by atoms with Crippen LogP contribution in [0.1, 0.15) is 10.4 Å². The Morgan fingerprint density at radius 3 is 2.48 bits per heavy atom. The van der Waals surface area contributed by atoms with Crippen molar-refractivity contribution in [2.75, 3.05) is 7.11 Å². The van der Waals surface area contributed by atoms with Crippen molar-refractivity contribution in [3.8, 4) is 28.8 Å². The Morgan fingerprint density at radius 2 is 1.81 bits per heavy atom. The fraction of sp³-hybridized carbons (Fsp3) is 0.0625. The number of nitrogens with zero attached hydrogens (tertiary/aromatic N) is 7. The molecule has 0 aliphatic carbocycles. The van der Waals surface area contributed by atoms with Crippen LogP contribution in [0, 0.1) is 0 Å². The second-order valence-electron chi connectivity index (χ2n) is 5.27. The van der Waals surface area contributed by atoms with E-state index in [2.05, 4.69) is 36.0 Å². The predicted octanol–water partition coefficient (Wildman–Crippen LogP) is 1.07. The molecule has 0 saturated heterocycles. The average molecular weight is 364 g/mol. The van der Waals surface area contributed by atoms with Crippen LogP contribution in [0.5, 0.6) is 11.8 Å². The van der Waals surface area contributed by atoms with E-state index in [1.54, 1.807) is 31.4 Å². The lowest BCUT2D eigenvalue weighted by atomic mass is 10.1. The van der Waals surface area contributed by atoms with Gasteiger partial charge in [-0.25, -0.2) is 9.89 Å². The standard InChI is InChI=1S/C16H12N8O3/c1-26-13-8-6-12(7-9-13)24-20-14(17-23-24)10-2-4-11(5-3-10)15(25)27-16-18-21-22-19-16/h2-9H,1H3,(H,18,19,21,22). The lowest BCUT2D eigenvalue weighted by molar-refractivity contribution is 0.0719. The van der Waals surface area contributed by atoms with E-state index >= 15 is 0 Å². The molecule has 0 aliphatic rings. The molecular weight excluding hydrogens is 352 g/mol. The van der Waals surface area contributed by atoms with Crippen molar-refractivity contribution in [1.82, 2.24) is 40.8 Å². The Balaban J connectivity index is 1.50. The maximum absolute atomic E-state index is 12.0. The number of rotatable bonds is 5. The maximum Gasteiger partial charge on any atom is 0.345 e. The number of methoxy groups -OCH3 is 1. The topological polar surface area (TPSA) is 134 Å². The van der Waals surface area contributed by atoms with E-state index in [9.17, 15) is 4.79 Å². The summed E-state index contributed by atoms with van der Waals surface area (Å²) in [7, 11) is 1.60. The fourth-order valence-corrected chi connectivity index (χ4v) is 2.25. The molecule has 0 bridgehead atoms. The van der Waals surface area contributed by atoms with E-state index in [4.69, 9.17) is 9.47 Å². The third-order valence-electron chi connectivity index (χ3n) is 3.61. The molecule has 1 N–H and O–H groups in total. The summed E-state index contributed by atoms with van der Waals surface area (Å²) in [5, 5.41) is 24.9. The van der Waals surface area contributed by atoms with Crippen LogP contribution in [-0.4, -0.2) is 53.9 Å². The molecule has 0 unspecified atom stereocenters. The number of esters is 1. The number of carbonyl (C=O) groups is 1. The Hall–Kier alpha value is -4.15. The zero-order valence-corrected chi connectivity index (χ0v) is 14.0. The number of aromatic amines is 1. The van der Waals surface area contributed by atoms with Crippen LogP contribution in [-0.2, 0) is 0 Å². The van der Waals surface area contributed by atoms with Gasteiger partial charge in [0.2, 0.25) is 5.82 Å². The zero-order chi connectivity index (χ0) is 18.6. The van der Waals surface area contributed by atoms with Crippen LogP contribution >= 0.6 is 0 Å². The van der Waals surface area contributed by atoms with Crippen molar-refractivity contribution in [3.05, 3.63) is 54.1 Å². The third-order valence-corrected chi connectivity index (χ3v) is 3.61. The molecule has 134 valence electrons. The molecule has 2 heterocycles. The molecule has 0 amide bonds. The minimum Gasteiger partial charge on any atom is -0.497 e. The van der Waals surface area contributed by atoms with E-state index in [0.29, 0.717) is 17.0 Å². The highest BCUT2D eigenvalue weighted by atomic mass is 16.6. The van der Waals surface area contributed by atoms with E-state index in [-0.39, 0.29) is 6.01 Å². The fourth-order valence-electron chi connectivity index (χ4n) is 2.25. The maximum atomic E-state index is 12.0. The number of nitrogens with one attached hydrogen (secondary N) is 1. The van der Waals surface area contributed by atoms with Gasteiger partial charge in [0.1, 0.15) is 5.75 Å². The molecule has 2 aromatic heterocycles. The first-order chi connectivity index (χ1) is 13.2. The van der Waals surface area contributed by atoms with E-state index in [1.807, 2.05) is 24.3 Å². The van der Waals surface area contributed by atoms with Gasteiger partial charge in [-0.1, -0.05) is 17.2 Å². The Morgan fingerprint density at radius 1 is 1.04 bits per heavy atom. The van der Waals surface area contributed by atoms with E-state index in [0.717, 1.165) is 11.4 Å². The highest BCUT2D eigenvalue weighted by Crippen LogP contribution is 2.18. The molecule has 0 atom stereocenters. The number of benzene rings is 2. The molecule has 0 spiro atoms. The number of carbonyl (C=O) groups excluding carboxylic acids is 1. The molecule has 27 heavy (non-hydrogen) atoms. The van der Waals surface area contributed by atoms with Crippen molar-refractivity contribution < 1.29 is 14.3 Å². The van der Waals surface area contributed by atoms with Crippen LogP contribution in [0.25, 0.3) is 17.1 Å². The summed E-state index contributed by atoms with van der Waals surface area (Å²) in [6.45, 7) is 0. The molecule has 0 aliphatic heterocycles. The van der Waals surface area contributed by atoms with E-state index in [1.165, 1.54) is 4.80 Å². The molecule has 11 heteroatoms. The summed E-state index contributed by atoms with van der Waals surface area (Å²) in [6, 6.07) is 13.8. The number of tetrazole rings is 2. The number of aromatic nitrogens is 8. The van der Waals surface area contributed by atoms with Gasteiger partial charge in [-0.2, -0.15) is 0 Å². The second-order valence-corrected chi connectivity index (χ2v) is 5.27. The van der Waals surface area contributed by atoms with Gasteiger partial charge in [0.15, 0.2) is 0 Å². The van der Waals surface area contributed by atoms with Gasteiger partial charge in [0, 0.05) is 5.56 Å². The minimum atomic E-state index is -0.588. The summed E-state index contributed by atoms with van der Waals surface area (Å²) in [6.07, 6.45) is 0. The largest absolute Gasteiger partial charge is 0.497 e. The smallest absolute Gasteiger partial charge is 0.345 e. The van der Waals surface area contributed by atoms with E-state index < -0.39 is 5.97 Å². The molecule has 2 aromatic carbocycles. The number of hydrogen-bond donors (Lipinski definition) is 1. The summed E-state index contributed by atoms with van der Waals surface area (Å²) >= 11 is 0. The summed E-state index contributed by atoms with van der Waals surface area (Å²) < 4.78 is 10.1. The van der Waals surface area contributed by atoms with Crippen molar-refractivity contribution in [2.24, 2.45) is 0 Å². The molecule has 11 nitrogen and oxygen atoms in total. The average Bonchev–Trinajstić information content (AvgIpc) is 3.40.